The highest BCUT2D eigenvalue weighted by molar-refractivity contribution is 5.85. The van der Waals surface area contributed by atoms with Gasteiger partial charge in [0.2, 0.25) is 0 Å². The topological polar surface area (TPSA) is 43.8 Å². The van der Waals surface area contributed by atoms with Crippen molar-refractivity contribution < 1.29 is 23.1 Å². The first-order valence-corrected chi connectivity index (χ1v) is 7.17. The first-order valence-electron chi connectivity index (χ1n) is 7.17. The van der Waals surface area contributed by atoms with Crippen LogP contribution in [-0.4, -0.2) is 53.6 Å². The third-order valence-corrected chi connectivity index (χ3v) is 3.77. The maximum atomic E-state index is 12.7. The zero-order chi connectivity index (χ0) is 16.2. The van der Waals surface area contributed by atoms with Crippen molar-refractivity contribution in [3.63, 3.8) is 0 Å². The zero-order valence-electron chi connectivity index (χ0n) is 12.6. The normalized spacial score (nSPS) is 16.8. The predicted molar refractivity (Wildman–Crippen MR) is 82.7 cm³/mol. The van der Waals surface area contributed by atoms with Crippen LogP contribution in [-0.2, 0) is 17.5 Å². The minimum Gasteiger partial charge on any atom is -0.481 e. The molecule has 1 fully saturated rings. The molecular formula is C15H20ClF3N2O2. The second-order valence-electron chi connectivity index (χ2n) is 5.46. The van der Waals surface area contributed by atoms with Gasteiger partial charge in [-0.3, -0.25) is 9.69 Å². The molecule has 0 unspecified atom stereocenters. The Kier molecular flexibility index (Phi) is 7.31. The van der Waals surface area contributed by atoms with Crippen molar-refractivity contribution in [3.05, 3.63) is 35.4 Å². The van der Waals surface area contributed by atoms with Crippen LogP contribution >= 0.6 is 12.4 Å². The Morgan fingerprint density at radius 3 is 2.30 bits per heavy atom. The van der Waals surface area contributed by atoms with Crippen LogP contribution in [0.2, 0.25) is 0 Å². The van der Waals surface area contributed by atoms with Crippen LogP contribution < -0.4 is 0 Å². The fraction of sp³-hybridized carbons (Fsp3) is 0.533. The van der Waals surface area contributed by atoms with E-state index in [1.807, 2.05) is 0 Å². The van der Waals surface area contributed by atoms with E-state index in [0.717, 1.165) is 32.2 Å². The molecule has 4 nitrogen and oxygen atoms in total. The average Bonchev–Trinajstić information content (AvgIpc) is 2.46. The standard InChI is InChI=1S/C15H19F3N2O2.ClH/c16-15(17,18)13-3-1-2-12(10-13)11-20-8-6-19(7-9-20)5-4-14(21)22;/h1-3,10H,4-9,11H2,(H,21,22);1H. The number of alkyl halides is 3. The van der Waals surface area contributed by atoms with Gasteiger partial charge in [-0.25, -0.2) is 0 Å². The Morgan fingerprint density at radius 2 is 1.74 bits per heavy atom. The van der Waals surface area contributed by atoms with Crippen molar-refractivity contribution >= 4 is 18.4 Å². The van der Waals surface area contributed by atoms with Gasteiger partial charge in [-0.1, -0.05) is 18.2 Å². The van der Waals surface area contributed by atoms with Crippen molar-refractivity contribution in [3.8, 4) is 0 Å². The van der Waals surface area contributed by atoms with Crippen LogP contribution in [0.5, 0.6) is 0 Å². The third-order valence-electron chi connectivity index (χ3n) is 3.77. The number of carboxylic acids is 1. The molecule has 0 saturated carbocycles. The van der Waals surface area contributed by atoms with Crippen LogP contribution in [0.3, 0.4) is 0 Å². The lowest BCUT2D eigenvalue weighted by Gasteiger charge is -2.34. The number of aliphatic carboxylic acids is 1. The Bertz CT molecular complexity index is 518. The molecule has 8 heteroatoms. The van der Waals surface area contributed by atoms with Gasteiger partial charge in [-0.2, -0.15) is 13.2 Å². The van der Waals surface area contributed by atoms with Crippen molar-refractivity contribution in [2.75, 3.05) is 32.7 Å². The van der Waals surface area contributed by atoms with Crippen molar-refractivity contribution in [1.29, 1.82) is 0 Å². The van der Waals surface area contributed by atoms with E-state index >= 15 is 0 Å². The summed E-state index contributed by atoms with van der Waals surface area (Å²) < 4.78 is 38.0. The van der Waals surface area contributed by atoms with Crippen LogP contribution in [0.4, 0.5) is 13.2 Å². The van der Waals surface area contributed by atoms with Gasteiger partial charge < -0.3 is 10.0 Å². The number of carbonyl (C=O) groups is 1. The first-order chi connectivity index (χ1) is 10.3. The number of nitrogens with zero attached hydrogens (tertiary/aromatic N) is 2. The van der Waals surface area contributed by atoms with Crippen molar-refractivity contribution in [1.82, 2.24) is 9.80 Å². The molecular weight excluding hydrogens is 333 g/mol. The molecule has 0 radical (unpaired) electrons. The summed E-state index contributed by atoms with van der Waals surface area (Å²) in [6.45, 7) is 3.95. The minimum atomic E-state index is -4.31. The Labute approximate surface area is 139 Å². The molecule has 0 bridgehead atoms. The SMILES string of the molecule is Cl.O=C(O)CCN1CCN(Cc2cccc(C(F)(F)F)c2)CC1. The summed E-state index contributed by atoms with van der Waals surface area (Å²) >= 11 is 0. The van der Waals surface area contributed by atoms with Gasteiger partial charge in [-0.15, -0.1) is 12.4 Å². The molecule has 0 atom stereocenters. The Hall–Kier alpha value is -1.31. The highest BCUT2D eigenvalue weighted by atomic mass is 35.5. The van der Waals surface area contributed by atoms with Gasteiger partial charge in [-0.05, 0) is 11.6 Å². The van der Waals surface area contributed by atoms with E-state index in [-0.39, 0.29) is 18.8 Å². The lowest BCUT2D eigenvalue weighted by Crippen LogP contribution is -2.46. The molecule has 1 aromatic carbocycles. The smallest absolute Gasteiger partial charge is 0.416 e. The summed E-state index contributed by atoms with van der Waals surface area (Å²) in [5.74, 6) is -0.814. The van der Waals surface area contributed by atoms with Gasteiger partial charge in [0, 0.05) is 39.3 Å². The van der Waals surface area contributed by atoms with E-state index in [1.54, 1.807) is 6.07 Å². The van der Waals surface area contributed by atoms with Gasteiger partial charge >= 0.3 is 12.1 Å². The number of rotatable bonds is 5. The molecule has 1 saturated heterocycles. The zero-order valence-corrected chi connectivity index (χ0v) is 13.4. The van der Waals surface area contributed by atoms with Crippen LogP contribution in [0.25, 0.3) is 0 Å². The summed E-state index contributed by atoms with van der Waals surface area (Å²) in [7, 11) is 0. The average molecular weight is 353 g/mol. The van der Waals surface area contributed by atoms with Crippen molar-refractivity contribution in [2.24, 2.45) is 0 Å². The number of carboxylic acid groups (broad SMARTS) is 1. The molecule has 0 amide bonds. The van der Waals surface area contributed by atoms with E-state index in [1.165, 1.54) is 12.1 Å². The quantitative estimate of drug-likeness (QED) is 0.885. The molecule has 1 aromatic rings. The first kappa shape index (κ1) is 19.7. The monoisotopic (exact) mass is 352 g/mol. The van der Waals surface area contributed by atoms with Gasteiger partial charge in [0.05, 0.1) is 12.0 Å². The molecule has 1 N–H and O–H groups in total. The van der Waals surface area contributed by atoms with E-state index < -0.39 is 17.7 Å². The molecule has 0 spiro atoms. The molecule has 1 aliphatic heterocycles. The summed E-state index contributed by atoms with van der Waals surface area (Å²) in [6, 6.07) is 5.40. The lowest BCUT2D eigenvalue weighted by molar-refractivity contribution is -0.138. The number of halogens is 4. The largest absolute Gasteiger partial charge is 0.481 e. The molecule has 0 aliphatic carbocycles. The number of benzene rings is 1. The van der Waals surface area contributed by atoms with E-state index in [9.17, 15) is 18.0 Å². The predicted octanol–water partition coefficient (Wildman–Crippen LogP) is 2.72. The fourth-order valence-electron chi connectivity index (χ4n) is 2.53. The van der Waals surface area contributed by atoms with E-state index in [4.69, 9.17) is 5.11 Å². The second kappa shape index (κ2) is 8.52. The molecule has 2 rings (SSSR count). The highest BCUT2D eigenvalue weighted by Crippen LogP contribution is 2.29. The summed E-state index contributed by atoms with van der Waals surface area (Å²) in [4.78, 5) is 14.7. The molecule has 23 heavy (non-hydrogen) atoms. The minimum absolute atomic E-state index is 0. The summed E-state index contributed by atoms with van der Waals surface area (Å²) in [5, 5.41) is 8.65. The third kappa shape index (κ3) is 6.37. The summed E-state index contributed by atoms with van der Waals surface area (Å²) in [5.41, 5.74) is 0.0268. The van der Waals surface area contributed by atoms with Gasteiger partial charge in [0.25, 0.3) is 0 Å². The number of piperazine rings is 1. The lowest BCUT2D eigenvalue weighted by atomic mass is 10.1. The maximum Gasteiger partial charge on any atom is 0.416 e. The van der Waals surface area contributed by atoms with E-state index in [0.29, 0.717) is 18.7 Å². The molecule has 1 heterocycles. The van der Waals surface area contributed by atoms with Gasteiger partial charge in [0.1, 0.15) is 0 Å². The molecule has 0 aromatic heterocycles. The second-order valence-corrected chi connectivity index (χ2v) is 5.46. The van der Waals surface area contributed by atoms with Crippen LogP contribution in [0, 0.1) is 0 Å². The fourth-order valence-corrected chi connectivity index (χ4v) is 2.53. The summed E-state index contributed by atoms with van der Waals surface area (Å²) in [6.07, 6.45) is -4.20. The molecule has 130 valence electrons. The number of hydrogen-bond donors (Lipinski definition) is 1. The van der Waals surface area contributed by atoms with Crippen LogP contribution in [0.1, 0.15) is 17.5 Å². The van der Waals surface area contributed by atoms with E-state index in [2.05, 4.69) is 9.80 Å². The van der Waals surface area contributed by atoms with Gasteiger partial charge in [0.15, 0.2) is 0 Å². The Morgan fingerprint density at radius 1 is 1.13 bits per heavy atom. The molecule has 1 aliphatic rings. The Balaban J connectivity index is 0.00000264. The number of hydrogen-bond acceptors (Lipinski definition) is 3. The van der Waals surface area contributed by atoms with Crippen LogP contribution in [0.15, 0.2) is 24.3 Å². The van der Waals surface area contributed by atoms with Crippen molar-refractivity contribution in [2.45, 2.75) is 19.1 Å². The maximum absolute atomic E-state index is 12.7. The highest BCUT2D eigenvalue weighted by Gasteiger charge is 2.30.